The minimum Gasteiger partial charge on any atom is -0.477 e. The van der Waals surface area contributed by atoms with Crippen molar-refractivity contribution in [2.24, 2.45) is 0 Å². The van der Waals surface area contributed by atoms with Crippen molar-refractivity contribution in [2.45, 2.75) is 23.5 Å². The van der Waals surface area contributed by atoms with Gasteiger partial charge in [0.05, 0.1) is 9.64 Å². The summed E-state index contributed by atoms with van der Waals surface area (Å²) in [5.41, 5.74) is 0. The molecule has 2 N–H and O–H groups in total. The molecule has 1 aromatic heterocycles. The Hall–Kier alpha value is -0.970. The number of thiophene rings is 1. The van der Waals surface area contributed by atoms with E-state index >= 15 is 0 Å². The highest BCUT2D eigenvalue weighted by atomic mass is 32.2. The molecule has 0 saturated carbocycles. The molecule has 0 spiro atoms. The fourth-order valence-electron chi connectivity index (χ4n) is 1.06. The number of carboxylic acid groups (broad SMARTS) is 1. The molecular weight excluding hydrogens is 326 g/mol. The molecular formula is C10H15NO6S3. The van der Waals surface area contributed by atoms with Crippen molar-refractivity contribution in [2.75, 3.05) is 12.8 Å². The number of carbonyl (C=O) groups is 1. The Morgan fingerprint density at radius 1 is 1.35 bits per heavy atom. The largest absolute Gasteiger partial charge is 0.477 e. The van der Waals surface area contributed by atoms with Crippen LogP contribution in [0.15, 0.2) is 16.3 Å². The maximum Gasteiger partial charge on any atom is 0.345 e. The second-order valence-electron chi connectivity index (χ2n) is 4.81. The summed E-state index contributed by atoms with van der Waals surface area (Å²) in [7, 11) is -7.37. The number of sulfone groups is 1. The van der Waals surface area contributed by atoms with Gasteiger partial charge in [-0.2, -0.15) is 0 Å². The minimum absolute atomic E-state index is 0.104. The van der Waals surface area contributed by atoms with Crippen LogP contribution in [0.3, 0.4) is 0 Å². The van der Waals surface area contributed by atoms with Crippen LogP contribution in [0.1, 0.15) is 23.5 Å². The molecule has 1 rings (SSSR count). The van der Waals surface area contributed by atoms with Crippen molar-refractivity contribution in [3.63, 3.8) is 0 Å². The first-order chi connectivity index (χ1) is 8.87. The van der Waals surface area contributed by atoms with E-state index in [1.54, 1.807) is 0 Å². The van der Waals surface area contributed by atoms with Crippen LogP contribution in [-0.2, 0) is 19.9 Å². The lowest BCUT2D eigenvalue weighted by Gasteiger charge is -2.22. The van der Waals surface area contributed by atoms with Gasteiger partial charge in [0.25, 0.3) is 0 Å². The van der Waals surface area contributed by atoms with Crippen LogP contribution in [0.5, 0.6) is 0 Å². The number of sulfonamides is 1. The van der Waals surface area contributed by atoms with E-state index in [4.69, 9.17) is 5.11 Å². The Labute approximate surface area is 121 Å². The van der Waals surface area contributed by atoms with Crippen molar-refractivity contribution in [1.82, 2.24) is 4.72 Å². The zero-order chi connectivity index (χ0) is 15.8. The van der Waals surface area contributed by atoms with Crippen molar-refractivity contribution in [1.29, 1.82) is 0 Å². The van der Waals surface area contributed by atoms with Crippen molar-refractivity contribution >= 4 is 37.2 Å². The van der Waals surface area contributed by atoms with E-state index in [0.717, 1.165) is 23.7 Å². The average molecular weight is 341 g/mol. The third kappa shape index (κ3) is 3.78. The molecule has 0 aliphatic heterocycles. The molecule has 0 saturated heterocycles. The van der Waals surface area contributed by atoms with E-state index in [-0.39, 0.29) is 16.3 Å². The molecule has 0 aliphatic carbocycles. The van der Waals surface area contributed by atoms with Gasteiger partial charge in [0.15, 0.2) is 9.84 Å². The molecule has 1 heterocycles. The molecule has 7 nitrogen and oxygen atoms in total. The van der Waals surface area contributed by atoms with Crippen LogP contribution in [0.4, 0.5) is 0 Å². The first-order valence-corrected chi connectivity index (χ1v) is 9.63. The van der Waals surface area contributed by atoms with Crippen LogP contribution < -0.4 is 4.72 Å². The zero-order valence-corrected chi connectivity index (χ0v) is 13.5. The van der Waals surface area contributed by atoms with Gasteiger partial charge in [0.1, 0.15) is 4.88 Å². The quantitative estimate of drug-likeness (QED) is 0.780. The van der Waals surface area contributed by atoms with E-state index in [1.165, 1.54) is 19.2 Å². The molecule has 0 bridgehead atoms. The summed E-state index contributed by atoms with van der Waals surface area (Å²) >= 11 is 0.786. The monoisotopic (exact) mass is 341 g/mol. The van der Waals surface area contributed by atoms with Crippen molar-refractivity contribution in [3.8, 4) is 0 Å². The van der Waals surface area contributed by atoms with E-state index in [0.29, 0.717) is 0 Å². The fraction of sp³-hybridized carbons (Fsp3) is 0.500. The number of hydrogen-bond acceptors (Lipinski definition) is 6. The maximum absolute atomic E-state index is 11.9. The van der Waals surface area contributed by atoms with Crippen LogP contribution in [0, 0.1) is 0 Å². The Morgan fingerprint density at radius 2 is 1.90 bits per heavy atom. The van der Waals surface area contributed by atoms with Gasteiger partial charge in [0.2, 0.25) is 10.0 Å². The lowest BCUT2D eigenvalue weighted by Crippen LogP contribution is -2.43. The third-order valence-electron chi connectivity index (χ3n) is 2.79. The van der Waals surface area contributed by atoms with Gasteiger partial charge in [0, 0.05) is 18.2 Å². The lowest BCUT2D eigenvalue weighted by molar-refractivity contribution is 0.0702. The molecule has 0 amide bonds. The number of nitrogens with one attached hydrogen (secondary N) is 1. The highest BCUT2D eigenvalue weighted by molar-refractivity contribution is 7.92. The fourth-order valence-corrected chi connectivity index (χ4v) is 3.80. The molecule has 1 aromatic rings. The van der Waals surface area contributed by atoms with Gasteiger partial charge >= 0.3 is 5.97 Å². The highest BCUT2D eigenvalue weighted by Crippen LogP contribution is 2.20. The third-order valence-corrected chi connectivity index (χ3v) is 7.39. The molecule has 0 radical (unpaired) electrons. The first-order valence-electron chi connectivity index (χ1n) is 5.38. The van der Waals surface area contributed by atoms with E-state index < -0.39 is 30.6 Å². The maximum atomic E-state index is 11.9. The molecule has 0 aromatic carbocycles. The summed E-state index contributed by atoms with van der Waals surface area (Å²) in [6, 6.07) is 1.03. The van der Waals surface area contributed by atoms with Gasteiger partial charge in [-0.1, -0.05) is 0 Å². The van der Waals surface area contributed by atoms with E-state index in [2.05, 4.69) is 4.72 Å². The summed E-state index contributed by atoms with van der Waals surface area (Å²) in [6.07, 6.45) is 1.02. The van der Waals surface area contributed by atoms with Gasteiger partial charge in [-0.25, -0.2) is 26.4 Å². The normalized spacial score (nSPS) is 13.3. The molecule has 0 unspecified atom stereocenters. The molecule has 20 heavy (non-hydrogen) atoms. The average Bonchev–Trinajstić information content (AvgIpc) is 2.75. The Morgan fingerprint density at radius 3 is 2.30 bits per heavy atom. The smallest absolute Gasteiger partial charge is 0.345 e. The molecule has 0 aliphatic rings. The molecule has 0 atom stereocenters. The molecule has 0 fully saturated rings. The van der Waals surface area contributed by atoms with E-state index in [1.807, 2.05) is 0 Å². The summed E-state index contributed by atoms with van der Waals surface area (Å²) < 4.78 is 47.8. The summed E-state index contributed by atoms with van der Waals surface area (Å²) in [4.78, 5) is 10.4. The highest BCUT2D eigenvalue weighted by Gasteiger charge is 2.32. The first kappa shape index (κ1) is 17.1. The van der Waals surface area contributed by atoms with Gasteiger partial charge < -0.3 is 5.11 Å². The Kier molecular flexibility index (Phi) is 4.64. The standard InChI is InChI=1S/C10H15NO6S3/c1-10(2,19(3,14)15)6-11-20(16,17)7-4-8(9(12)13)18-5-7/h4-5,11H,6H2,1-3H3,(H,12,13). The van der Waals surface area contributed by atoms with Crippen LogP contribution in [0.25, 0.3) is 0 Å². The topological polar surface area (TPSA) is 118 Å². The number of carboxylic acids is 1. The Bertz CT molecular complexity index is 714. The summed E-state index contributed by atoms with van der Waals surface area (Å²) in [5, 5.41) is 9.94. The van der Waals surface area contributed by atoms with Crippen molar-refractivity contribution in [3.05, 3.63) is 16.3 Å². The molecule has 10 heteroatoms. The van der Waals surface area contributed by atoms with E-state index in [9.17, 15) is 21.6 Å². The lowest BCUT2D eigenvalue weighted by atomic mass is 10.2. The molecule has 114 valence electrons. The number of hydrogen-bond donors (Lipinski definition) is 2. The van der Waals surface area contributed by atoms with Crippen molar-refractivity contribution < 1.29 is 26.7 Å². The SMILES string of the molecule is CC(C)(CNS(=O)(=O)c1csc(C(=O)O)c1)S(C)(=O)=O. The summed E-state index contributed by atoms with van der Waals surface area (Å²) in [6.45, 7) is 2.51. The second-order valence-corrected chi connectivity index (χ2v) is 10.1. The summed E-state index contributed by atoms with van der Waals surface area (Å²) in [5.74, 6) is -1.21. The van der Waals surface area contributed by atoms with Crippen LogP contribution in [0.2, 0.25) is 0 Å². The van der Waals surface area contributed by atoms with Gasteiger partial charge in [-0.15, -0.1) is 11.3 Å². The zero-order valence-electron chi connectivity index (χ0n) is 11.1. The van der Waals surface area contributed by atoms with Crippen LogP contribution in [-0.4, -0.2) is 45.5 Å². The van der Waals surface area contributed by atoms with Gasteiger partial charge in [-0.3, -0.25) is 0 Å². The van der Waals surface area contributed by atoms with Gasteiger partial charge in [-0.05, 0) is 19.9 Å². The number of aromatic carboxylic acids is 1. The second kappa shape index (κ2) is 5.43. The predicted molar refractivity (Wildman–Crippen MR) is 75.4 cm³/mol. The predicted octanol–water partition coefficient (Wildman–Crippen LogP) is 0.548. The van der Waals surface area contributed by atoms with Crippen LogP contribution >= 0.6 is 11.3 Å². The minimum atomic E-state index is -3.93. The Balaban J connectivity index is 2.94. The number of rotatable bonds is 6.